The van der Waals surface area contributed by atoms with Gasteiger partial charge in [-0.25, -0.2) is 4.68 Å². The zero-order valence-corrected chi connectivity index (χ0v) is 16.0. The first-order valence-corrected chi connectivity index (χ1v) is 9.66. The van der Waals surface area contributed by atoms with Crippen LogP contribution in [0.4, 0.5) is 0 Å². The number of hydrogen-bond acceptors (Lipinski definition) is 5. The number of carbonyl (C=O) groups excluding carboxylic acids is 1. The topological polar surface area (TPSA) is 72.3 Å². The largest absolute Gasteiger partial charge is 0.369 e. The number of nitrogens with zero attached hydrogens (tertiary/aromatic N) is 4. The summed E-state index contributed by atoms with van der Waals surface area (Å²) < 4.78 is 7.91. The van der Waals surface area contributed by atoms with E-state index in [1.54, 1.807) is 6.20 Å². The summed E-state index contributed by atoms with van der Waals surface area (Å²) in [7, 11) is 0. The SMILES string of the molecule is CC1(C)CO[C@H](c2ccccc2)CN1C(=O)c1cn(C2CCNCC2)nn1. The Labute approximate surface area is 159 Å². The van der Waals surface area contributed by atoms with Crippen LogP contribution in [0.1, 0.15) is 54.9 Å². The Morgan fingerprint density at radius 2 is 1.96 bits per heavy atom. The van der Waals surface area contributed by atoms with Gasteiger partial charge in [0.1, 0.15) is 6.10 Å². The molecule has 2 saturated heterocycles. The van der Waals surface area contributed by atoms with Crippen molar-refractivity contribution >= 4 is 5.91 Å². The molecule has 7 nitrogen and oxygen atoms in total. The highest BCUT2D eigenvalue weighted by molar-refractivity contribution is 5.92. The molecule has 0 radical (unpaired) electrons. The van der Waals surface area contributed by atoms with E-state index in [1.165, 1.54) is 0 Å². The predicted octanol–water partition coefficient (Wildman–Crippen LogP) is 2.19. The standard InChI is InChI=1S/C20H27N5O2/c1-20(2)14-27-18(15-6-4-3-5-7-15)13-24(20)19(26)17-12-25(23-22-17)16-8-10-21-11-9-16/h3-7,12,16,18,21H,8-11,13-14H2,1-2H3/t18-/m0/s1. The zero-order chi connectivity index (χ0) is 18.9. The lowest BCUT2D eigenvalue weighted by atomic mass is 9.97. The van der Waals surface area contributed by atoms with E-state index in [0.29, 0.717) is 24.9 Å². The van der Waals surface area contributed by atoms with Gasteiger partial charge in [-0.15, -0.1) is 5.10 Å². The van der Waals surface area contributed by atoms with E-state index in [4.69, 9.17) is 4.74 Å². The van der Waals surface area contributed by atoms with Crippen molar-refractivity contribution in [2.75, 3.05) is 26.2 Å². The van der Waals surface area contributed by atoms with Crippen LogP contribution < -0.4 is 5.32 Å². The molecule has 2 aliphatic rings. The summed E-state index contributed by atoms with van der Waals surface area (Å²) in [5, 5.41) is 11.8. The smallest absolute Gasteiger partial charge is 0.276 e. The van der Waals surface area contributed by atoms with Crippen LogP contribution in [0, 0.1) is 0 Å². The average molecular weight is 369 g/mol. The predicted molar refractivity (Wildman–Crippen MR) is 101 cm³/mol. The van der Waals surface area contributed by atoms with Crippen molar-refractivity contribution < 1.29 is 9.53 Å². The second kappa shape index (κ2) is 7.40. The first-order valence-electron chi connectivity index (χ1n) is 9.66. The van der Waals surface area contributed by atoms with Gasteiger partial charge in [-0.1, -0.05) is 35.5 Å². The molecule has 1 N–H and O–H groups in total. The van der Waals surface area contributed by atoms with Gasteiger partial charge in [-0.3, -0.25) is 4.79 Å². The highest BCUT2D eigenvalue weighted by Crippen LogP contribution is 2.31. The minimum Gasteiger partial charge on any atom is -0.369 e. The Kier molecular flexibility index (Phi) is 4.97. The Morgan fingerprint density at radius 3 is 2.70 bits per heavy atom. The summed E-state index contributed by atoms with van der Waals surface area (Å²) in [6, 6.07) is 10.4. The number of ether oxygens (including phenoxy) is 1. The summed E-state index contributed by atoms with van der Waals surface area (Å²) in [6.07, 6.45) is 3.70. The Morgan fingerprint density at radius 1 is 1.22 bits per heavy atom. The van der Waals surface area contributed by atoms with E-state index < -0.39 is 0 Å². The number of hydrogen-bond donors (Lipinski definition) is 1. The van der Waals surface area contributed by atoms with Gasteiger partial charge in [0, 0.05) is 0 Å². The second-order valence-electron chi connectivity index (χ2n) is 8.00. The maximum Gasteiger partial charge on any atom is 0.276 e. The van der Waals surface area contributed by atoms with Crippen molar-refractivity contribution in [2.24, 2.45) is 0 Å². The highest BCUT2D eigenvalue weighted by Gasteiger charge is 2.39. The molecule has 3 heterocycles. The molecule has 1 aromatic heterocycles. The molecule has 1 amide bonds. The summed E-state index contributed by atoms with van der Waals surface area (Å²) in [5.41, 5.74) is 1.11. The fraction of sp³-hybridized carbons (Fsp3) is 0.550. The number of piperidine rings is 1. The molecular formula is C20H27N5O2. The van der Waals surface area contributed by atoms with E-state index in [9.17, 15) is 4.79 Å². The minimum absolute atomic E-state index is 0.0792. The van der Waals surface area contributed by atoms with E-state index in [1.807, 2.05) is 53.8 Å². The summed E-state index contributed by atoms with van der Waals surface area (Å²) in [5.74, 6) is -0.0792. The molecule has 2 aromatic rings. The maximum atomic E-state index is 13.2. The fourth-order valence-electron chi connectivity index (χ4n) is 3.84. The number of benzene rings is 1. The lowest BCUT2D eigenvalue weighted by Crippen LogP contribution is -2.56. The van der Waals surface area contributed by atoms with Gasteiger partial charge in [-0.2, -0.15) is 0 Å². The number of carbonyl (C=O) groups is 1. The molecule has 4 rings (SSSR count). The number of rotatable bonds is 3. The maximum absolute atomic E-state index is 13.2. The Hall–Kier alpha value is -2.25. The van der Waals surface area contributed by atoms with Gasteiger partial charge < -0.3 is 15.0 Å². The molecule has 1 atom stereocenters. The molecule has 7 heteroatoms. The lowest BCUT2D eigenvalue weighted by Gasteiger charge is -2.45. The molecule has 0 bridgehead atoms. The Bertz CT molecular complexity index is 783. The third-order valence-corrected chi connectivity index (χ3v) is 5.55. The molecule has 0 aliphatic carbocycles. The molecule has 144 valence electrons. The van der Waals surface area contributed by atoms with Crippen LogP contribution in [-0.4, -0.2) is 57.6 Å². The van der Waals surface area contributed by atoms with Crippen LogP contribution in [0.5, 0.6) is 0 Å². The number of aromatic nitrogens is 3. The quantitative estimate of drug-likeness (QED) is 0.898. The third kappa shape index (κ3) is 3.75. The third-order valence-electron chi connectivity index (χ3n) is 5.55. The van der Waals surface area contributed by atoms with E-state index in [2.05, 4.69) is 15.6 Å². The molecular weight excluding hydrogens is 342 g/mol. The van der Waals surface area contributed by atoms with E-state index in [0.717, 1.165) is 31.5 Å². The van der Waals surface area contributed by atoms with Crippen LogP contribution in [-0.2, 0) is 4.74 Å². The van der Waals surface area contributed by atoms with Crippen molar-refractivity contribution in [3.8, 4) is 0 Å². The van der Waals surface area contributed by atoms with Gasteiger partial charge in [0.25, 0.3) is 5.91 Å². The number of nitrogens with one attached hydrogen (secondary N) is 1. The molecule has 1 aromatic carbocycles. The molecule has 2 aliphatic heterocycles. The van der Waals surface area contributed by atoms with E-state index >= 15 is 0 Å². The van der Waals surface area contributed by atoms with Crippen molar-refractivity contribution in [2.45, 2.75) is 44.4 Å². The van der Waals surface area contributed by atoms with Crippen molar-refractivity contribution in [1.82, 2.24) is 25.2 Å². The molecule has 2 fully saturated rings. The monoisotopic (exact) mass is 369 g/mol. The van der Waals surface area contributed by atoms with Crippen LogP contribution in [0.3, 0.4) is 0 Å². The minimum atomic E-state index is -0.388. The molecule has 27 heavy (non-hydrogen) atoms. The zero-order valence-electron chi connectivity index (χ0n) is 16.0. The Balaban J connectivity index is 1.53. The van der Waals surface area contributed by atoms with Crippen molar-refractivity contribution in [3.63, 3.8) is 0 Å². The van der Waals surface area contributed by atoms with E-state index in [-0.39, 0.29) is 17.6 Å². The molecule has 0 unspecified atom stereocenters. The average Bonchev–Trinajstić information content (AvgIpc) is 3.19. The first kappa shape index (κ1) is 18.1. The second-order valence-corrected chi connectivity index (χ2v) is 8.00. The normalized spacial score (nSPS) is 23.3. The van der Waals surface area contributed by atoms with Crippen molar-refractivity contribution in [1.29, 1.82) is 0 Å². The highest BCUT2D eigenvalue weighted by atomic mass is 16.5. The fourth-order valence-corrected chi connectivity index (χ4v) is 3.84. The first-order chi connectivity index (χ1) is 13.0. The number of morpholine rings is 1. The van der Waals surface area contributed by atoms with Crippen molar-refractivity contribution in [3.05, 3.63) is 47.8 Å². The van der Waals surface area contributed by atoms with Gasteiger partial charge in [0.15, 0.2) is 5.69 Å². The van der Waals surface area contributed by atoms with Gasteiger partial charge in [0.05, 0.1) is 30.9 Å². The number of amides is 1. The summed E-state index contributed by atoms with van der Waals surface area (Å²) in [6.45, 7) is 7.01. The van der Waals surface area contributed by atoms with Gasteiger partial charge >= 0.3 is 0 Å². The molecule has 0 spiro atoms. The summed E-state index contributed by atoms with van der Waals surface area (Å²) >= 11 is 0. The van der Waals surface area contributed by atoms with Crippen LogP contribution in [0.15, 0.2) is 36.5 Å². The van der Waals surface area contributed by atoms with Gasteiger partial charge in [-0.05, 0) is 45.3 Å². The molecule has 0 saturated carbocycles. The lowest BCUT2D eigenvalue weighted by molar-refractivity contribution is -0.0848. The van der Waals surface area contributed by atoms with Crippen LogP contribution >= 0.6 is 0 Å². The summed E-state index contributed by atoms with van der Waals surface area (Å²) in [4.78, 5) is 15.1. The van der Waals surface area contributed by atoms with Crippen LogP contribution in [0.2, 0.25) is 0 Å². The van der Waals surface area contributed by atoms with Crippen LogP contribution in [0.25, 0.3) is 0 Å². The van der Waals surface area contributed by atoms with Gasteiger partial charge in [0.2, 0.25) is 0 Å².